The van der Waals surface area contributed by atoms with Gasteiger partial charge < -0.3 is 23.8 Å². The molecule has 0 radical (unpaired) electrons. The average molecular weight is 349 g/mol. The van der Waals surface area contributed by atoms with E-state index < -0.39 is 0 Å². The zero-order valence-corrected chi connectivity index (χ0v) is 15.2. The lowest BCUT2D eigenvalue weighted by Gasteiger charge is -2.59. The third kappa shape index (κ3) is 2.32. The molecule has 6 fully saturated rings. The van der Waals surface area contributed by atoms with Gasteiger partial charge in [-0.2, -0.15) is 0 Å². The van der Waals surface area contributed by atoms with E-state index in [9.17, 15) is 0 Å². The number of hydrogen-bond donors (Lipinski definition) is 0. The third-order valence-corrected chi connectivity index (χ3v) is 8.60. The van der Waals surface area contributed by atoms with Crippen molar-refractivity contribution in [3.05, 3.63) is 0 Å². The van der Waals surface area contributed by atoms with Gasteiger partial charge in [0.2, 0.25) is 0 Å². The molecular formula is C20H31NO4. The highest BCUT2D eigenvalue weighted by Crippen LogP contribution is 2.55. The van der Waals surface area contributed by atoms with E-state index in [4.69, 9.17) is 18.9 Å². The zero-order chi connectivity index (χ0) is 16.5. The lowest BCUT2D eigenvalue weighted by atomic mass is 9.55. The summed E-state index contributed by atoms with van der Waals surface area (Å²) < 4.78 is 23.6. The summed E-state index contributed by atoms with van der Waals surface area (Å²) in [6.07, 6.45) is 9.21. The Hall–Kier alpha value is -0.200. The Morgan fingerprint density at radius 2 is 1.44 bits per heavy atom. The molecule has 25 heavy (non-hydrogen) atoms. The van der Waals surface area contributed by atoms with Crippen LogP contribution in [0.2, 0.25) is 0 Å². The van der Waals surface area contributed by atoms with E-state index in [2.05, 4.69) is 11.9 Å². The molecule has 0 aromatic rings. The molecule has 3 aliphatic heterocycles. The summed E-state index contributed by atoms with van der Waals surface area (Å²) in [5.41, 5.74) is 0. The van der Waals surface area contributed by atoms with E-state index in [0.29, 0.717) is 43.9 Å². The van der Waals surface area contributed by atoms with Gasteiger partial charge in [0.15, 0.2) is 0 Å². The van der Waals surface area contributed by atoms with Gasteiger partial charge in [-0.3, -0.25) is 0 Å². The van der Waals surface area contributed by atoms with Crippen molar-refractivity contribution in [1.29, 1.82) is 0 Å². The van der Waals surface area contributed by atoms with Crippen LogP contribution in [0.5, 0.6) is 0 Å². The molecular weight excluding hydrogens is 318 g/mol. The maximum absolute atomic E-state index is 6.03. The predicted octanol–water partition coefficient (Wildman–Crippen LogP) is 2.25. The largest absolute Gasteiger partial charge is 0.349 e. The fourth-order valence-electron chi connectivity index (χ4n) is 7.66. The lowest BCUT2D eigenvalue weighted by Crippen LogP contribution is -2.63. The number of rotatable bonds is 0. The van der Waals surface area contributed by atoms with Crippen molar-refractivity contribution in [2.45, 2.75) is 69.0 Å². The first kappa shape index (κ1) is 15.8. The highest BCUT2D eigenvalue weighted by molar-refractivity contribution is 5.07. The molecule has 140 valence electrons. The molecule has 6 rings (SSSR count). The molecule has 3 saturated carbocycles. The maximum Gasteiger partial charge on any atom is 0.147 e. The van der Waals surface area contributed by atoms with Crippen molar-refractivity contribution in [2.24, 2.45) is 29.6 Å². The second-order valence-corrected chi connectivity index (χ2v) is 9.45. The monoisotopic (exact) mass is 349 g/mol. The molecule has 3 saturated heterocycles. The molecule has 5 heteroatoms. The second kappa shape index (κ2) is 5.90. The zero-order valence-electron chi connectivity index (χ0n) is 15.2. The quantitative estimate of drug-likeness (QED) is 0.671. The van der Waals surface area contributed by atoms with Crippen molar-refractivity contribution >= 4 is 0 Å². The Kier molecular flexibility index (Phi) is 3.73. The number of nitrogens with zero attached hydrogens (tertiary/aromatic N) is 1. The van der Waals surface area contributed by atoms with E-state index in [1.165, 1.54) is 45.1 Å². The molecule has 6 aliphatic rings. The summed E-state index contributed by atoms with van der Waals surface area (Å²) in [5, 5.41) is 0. The maximum atomic E-state index is 6.03. The molecule has 0 amide bonds. The Bertz CT molecular complexity index is 530. The van der Waals surface area contributed by atoms with Crippen molar-refractivity contribution in [2.75, 3.05) is 27.2 Å². The molecule has 0 spiro atoms. The van der Waals surface area contributed by atoms with E-state index in [0.717, 1.165) is 29.7 Å². The van der Waals surface area contributed by atoms with E-state index in [1.807, 2.05) is 0 Å². The third-order valence-electron chi connectivity index (χ3n) is 8.60. The predicted molar refractivity (Wildman–Crippen MR) is 90.8 cm³/mol. The number of fused-ring (bicyclic) bond motifs is 8. The first-order valence-corrected chi connectivity index (χ1v) is 10.5. The van der Waals surface area contributed by atoms with Crippen LogP contribution >= 0.6 is 0 Å². The SMILES string of the molecule is CN1CC2C(CCC3OCOC32)C2CCC3CC4OCOC4CC3C21. The van der Waals surface area contributed by atoms with Gasteiger partial charge in [0.05, 0.1) is 24.4 Å². The lowest BCUT2D eigenvalue weighted by molar-refractivity contribution is -0.127. The van der Waals surface area contributed by atoms with Crippen LogP contribution in [0.15, 0.2) is 0 Å². The van der Waals surface area contributed by atoms with Gasteiger partial charge in [-0.1, -0.05) is 0 Å². The van der Waals surface area contributed by atoms with Crippen molar-refractivity contribution < 1.29 is 18.9 Å². The average Bonchev–Trinajstić information content (AvgIpc) is 3.28. The minimum atomic E-state index is 0.349. The highest BCUT2D eigenvalue weighted by Gasteiger charge is 2.57. The molecule has 10 atom stereocenters. The van der Waals surface area contributed by atoms with Gasteiger partial charge in [0, 0.05) is 18.5 Å². The fourth-order valence-corrected chi connectivity index (χ4v) is 7.66. The first-order valence-electron chi connectivity index (χ1n) is 10.5. The number of likely N-dealkylation sites (tertiary alicyclic amines) is 1. The first-order chi connectivity index (χ1) is 12.3. The Labute approximate surface area is 150 Å². The van der Waals surface area contributed by atoms with Crippen LogP contribution in [0.4, 0.5) is 0 Å². The molecule has 3 heterocycles. The number of piperidine rings is 1. The fraction of sp³-hybridized carbons (Fsp3) is 1.00. The smallest absolute Gasteiger partial charge is 0.147 e. The molecule has 0 bridgehead atoms. The standard InChI is InChI=1S/C20H31NO4/c1-21-8-15-12(4-5-16-20(15)25-10-22-16)13-3-2-11-6-17-18(24-9-23-17)7-14(11)19(13)21/h11-20H,2-10H2,1H3. The van der Waals surface area contributed by atoms with Crippen molar-refractivity contribution in [1.82, 2.24) is 4.90 Å². The van der Waals surface area contributed by atoms with Gasteiger partial charge in [-0.15, -0.1) is 0 Å². The molecule has 5 nitrogen and oxygen atoms in total. The van der Waals surface area contributed by atoms with Crippen LogP contribution in [-0.2, 0) is 18.9 Å². The minimum Gasteiger partial charge on any atom is -0.349 e. The van der Waals surface area contributed by atoms with E-state index >= 15 is 0 Å². The van der Waals surface area contributed by atoms with Gasteiger partial charge in [0.25, 0.3) is 0 Å². The Morgan fingerprint density at radius 3 is 2.36 bits per heavy atom. The van der Waals surface area contributed by atoms with E-state index in [-0.39, 0.29) is 0 Å². The minimum absolute atomic E-state index is 0.349. The topological polar surface area (TPSA) is 40.2 Å². The highest BCUT2D eigenvalue weighted by atomic mass is 16.7. The second-order valence-electron chi connectivity index (χ2n) is 9.45. The molecule has 10 unspecified atom stereocenters. The summed E-state index contributed by atoms with van der Waals surface area (Å²) in [7, 11) is 2.37. The van der Waals surface area contributed by atoms with Gasteiger partial charge in [-0.25, -0.2) is 0 Å². The summed E-state index contributed by atoms with van der Waals surface area (Å²) >= 11 is 0. The summed E-state index contributed by atoms with van der Waals surface area (Å²) in [6, 6.07) is 0.740. The molecule has 0 aromatic heterocycles. The normalized spacial score (nSPS) is 58.0. The number of hydrogen-bond acceptors (Lipinski definition) is 5. The van der Waals surface area contributed by atoms with Crippen molar-refractivity contribution in [3.8, 4) is 0 Å². The van der Waals surface area contributed by atoms with Crippen LogP contribution < -0.4 is 0 Å². The van der Waals surface area contributed by atoms with Gasteiger partial charge in [0.1, 0.15) is 13.6 Å². The van der Waals surface area contributed by atoms with Crippen LogP contribution in [0.1, 0.15) is 38.5 Å². The van der Waals surface area contributed by atoms with Gasteiger partial charge in [-0.05, 0) is 69.2 Å². The van der Waals surface area contributed by atoms with Crippen LogP contribution in [0.3, 0.4) is 0 Å². The molecule has 3 aliphatic carbocycles. The summed E-state index contributed by atoms with van der Waals surface area (Å²) in [6.45, 7) is 2.22. The Balaban J connectivity index is 1.27. The van der Waals surface area contributed by atoms with E-state index in [1.54, 1.807) is 0 Å². The summed E-state index contributed by atoms with van der Waals surface area (Å²) in [5.74, 6) is 3.99. The number of ether oxygens (including phenoxy) is 4. The van der Waals surface area contributed by atoms with Crippen LogP contribution in [0, 0.1) is 29.6 Å². The molecule has 0 N–H and O–H groups in total. The van der Waals surface area contributed by atoms with Crippen LogP contribution in [0.25, 0.3) is 0 Å². The molecule has 0 aromatic carbocycles. The van der Waals surface area contributed by atoms with Crippen molar-refractivity contribution in [3.63, 3.8) is 0 Å². The van der Waals surface area contributed by atoms with Crippen LogP contribution in [-0.4, -0.2) is 62.5 Å². The van der Waals surface area contributed by atoms with Gasteiger partial charge >= 0.3 is 0 Å². The summed E-state index contributed by atoms with van der Waals surface area (Å²) in [4.78, 5) is 2.70. The Morgan fingerprint density at radius 1 is 0.680 bits per heavy atom.